The van der Waals surface area contributed by atoms with Gasteiger partial charge in [-0.2, -0.15) is 0 Å². The van der Waals surface area contributed by atoms with Crippen LogP contribution in [0.4, 0.5) is 4.39 Å². The van der Waals surface area contributed by atoms with E-state index >= 15 is 0 Å². The Labute approximate surface area is 134 Å². The Morgan fingerprint density at radius 1 is 0.636 bits per heavy atom. The summed E-state index contributed by atoms with van der Waals surface area (Å²) in [7, 11) is 0. The molecule has 4 fully saturated rings. The summed E-state index contributed by atoms with van der Waals surface area (Å²) in [5.41, 5.74) is -1.10. The van der Waals surface area contributed by atoms with Crippen molar-refractivity contribution in [1.82, 2.24) is 0 Å². The maximum absolute atomic E-state index is 13.5. The lowest BCUT2D eigenvalue weighted by atomic mass is 9.76. The summed E-state index contributed by atoms with van der Waals surface area (Å²) in [4.78, 5) is 0. The zero-order chi connectivity index (χ0) is 16.3. The monoisotopic (exact) mass is 312 g/mol. The van der Waals surface area contributed by atoms with Crippen LogP contribution in [0, 0.1) is 10.8 Å². The average molecular weight is 312 g/mol. The van der Waals surface area contributed by atoms with E-state index in [1.165, 1.54) is 25.7 Å². The second kappa shape index (κ2) is 4.92. The fraction of sp³-hybridized carbons (Fsp3) is 1.00. The Bertz CT molecular complexity index is 407. The fourth-order valence-corrected chi connectivity index (χ4v) is 4.55. The van der Waals surface area contributed by atoms with E-state index in [4.69, 9.17) is 0 Å². The molecular formula is C19H33FO2. The second-order valence-electron chi connectivity index (χ2n) is 9.65. The minimum Gasteiger partial charge on any atom is -0.390 e. The molecule has 4 aliphatic rings. The van der Waals surface area contributed by atoms with Crippen LogP contribution in [0.2, 0.25) is 0 Å². The maximum Gasteiger partial charge on any atom is 0.114 e. The van der Waals surface area contributed by atoms with Crippen molar-refractivity contribution in [3.8, 4) is 0 Å². The normalized spacial score (nSPS) is 43.4. The van der Waals surface area contributed by atoms with Crippen LogP contribution >= 0.6 is 0 Å². The highest BCUT2D eigenvalue weighted by Crippen LogP contribution is 2.67. The van der Waals surface area contributed by atoms with Gasteiger partial charge in [0.15, 0.2) is 0 Å². The first-order valence-electron chi connectivity index (χ1n) is 9.13. The summed E-state index contributed by atoms with van der Waals surface area (Å²) < 4.78 is 13.5. The predicted octanol–water partition coefficient (Wildman–Crippen LogP) is 4.52. The van der Waals surface area contributed by atoms with Gasteiger partial charge in [-0.15, -0.1) is 0 Å². The van der Waals surface area contributed by atoms with Crippen LogP contribution in [-0.4, -0.2) is 27.1 Å². The van der Waals surface area contributed by atoms with Crippen LogP contribution < -0.4 is 0 Å². The van der Waals surface area contributed by atoms with Gasteiger partial charge in [0.25, 0.3) is 0 Å². The standard InChI is InChI=1S/C10H17FO.C9H16O/c1-8(12)3-5-10(6-4-8)7-9(10,2)11;1-8(10)2-4-9(5-3-8)6-7-9/h12H,3-7H2,1-2H3;10H,2-7H2,1H3. The van der Waals surface area contributed by atoms with Crippen LogP contribution in [0.3, 0.4) is 0 Å². The molecule has 4 aliphatic carbocycles. The third kappa shape index (κ3) is 3.36. The molecule has 0 amide bonds. The molecule has 3 heteroatoms. The van der Waals surface area contributed by atoms with Gasteiger partial charge in [-0.3, -0.25) is 0 Å². The van der Waals surface area contributed by atoms with E-state index in [1.807, 2.05) is 13.8 Å². The van der Waals surface area contributed by atoms with Crippen molar-refractivity contribution in [2.75, 3.05) is 0 Å². The molecule has 0 radical (unpaired) electrons. The molecule has 2 nitrogen and oxygen atoms in total. The second-order valence-corrected chi connectivity index (χ2v) is 9.65. The van der Waals surface area contributed by atoms with Crippen LogP contribution in [0.25, 0.3) is 0 Å². The lowest BCUT2D eigenvalue weighted by molar-refractivity contribution is -0.00600. The number of hydrogen-bond acceptors (Lipinski definition) is 2. The molecule has 4 saturated carbocycles. The van der Waals surface area contributed by atoms with Crippen molar-refractivity contribution in [2.45, 2.75) is 108 Å². The smallest absolute Gasteiger partial charge is 0.114 e. The third-order valence-corrected chi connectivity index (χ3v) is 7.28. The van der Waals surface area contributed by atoms with Crippen molar-refractivity contribution < 1.29 is 14.6 Å². The van der Waals surface area contributed by atoms with Gasteiger partial charge >= 0.3 is 0 Å². The Kier molecular flexibility index (Phi) is 3.74. The first-order chi connectivity index (χ1) is 9.99. The molecular weight excluding hydrogens is 279 g/mol. The maximum atomic E-state index is 13.5. The highest BCUT2D eigenvalue weighted by atomic mass is 19.1. The molecule has 22 heavy (non-hydrogen) atoms. The Morgan fingerprint density at radius 3 is 1.27 bits per heavy atom. The molecule has 0 aliphatic heterocycles. The number of hydrogen-bond donors (Lipinski definition) is 2. The van der Waals surface area contributed by atoms with E-state index in [9.17, 15) is 14.6 Å². The summed E-state index contributed by atoms with van der Waals surface area (Å²) in [5.74, 6) is 0. The van der Waals surface area contributed by atoms with Crippen molar-refractivity contribution in [2.24, 2.45) is 10.8 Å². The molecule has 1 unspecified atom stereocenters. The fourth-order valence-electron chi connectivity index (χ4n) is 4.55. The lowest BCUT2D eigenvalue weighted by Crippen LogP contribution is -2.33. The van der Waals surface area contributed by atoms with E-state index < -0.39 is 11.3 Å². The van der Waals surface area contributed by atoms with Gasteiger partial charge in [0, 0.05) is 5.41 Å². The Balaban J connectivity index is 0.000000133. The van der Waals surface area contributed by atoms with Crippen molar-refractivity contribution in [3.05, 3.63) is 0 Å². The molecule has 2 N–H and O–H groups in total. The minimum absolute atomic E-state index is 0.0464. The van der Waals surface area contributed by atoms with Gasteiger partial charge in [0.1, 0.15) is 5.67 Å². The number of rotatable bonds is 0. The highest BCUT2D eigenvalue weighted by molar-refractivity contribution is 5.16. The van der Waals surface area contributed by atoms with Gasteiger partial charge in [0.05, 0.1) is 11.2 Å². The number of aliphatic hydroxyl groups is 2. The van der Waals surface area contributed by atoms with Gasteiger partial charge in [-0.05, 0) is 96.8 Å². The number of alkyl halides is 1. The highest BCUT2D eigenvalue weighted by Gasteiger charge is 2.66. The molecule has 1 atom stereocenters. The van der Waals surface area contributed by atoms with E-state index in [2.05, 4.69) is 0 Å². The minimum atomic E-state index is -0.927. The SMILES string of the molecule is CC1(O)CCC2(CC1)CC2.CC1(O)CCC2(CC1)CC2(C)F. The molecule has 0 saturated heterocycles. The first kappa shape index (κ1) is 16.7. The van der Waals surface area contributed by atoms with Gasteiger partial charge < -0.3 is 10.2 Å². The molecule has 128 valence electrons. The molecule has 4 rings (SSSR count). The summed E-state index contributed by atoms with van der Waals surface area (Å²) >= 11 is 0. The summed E-state index contributed by atoms with van der Waals surface area (Å²) in [6.07, 6.45) is 11.5. The predicted molar refractivity (Wildman–Crippen MR) is 86.4 cm³/mol. The molecule has 2 spiro atoms. The molecule has 0 bridgehead atoms. The molecule has 0 heterocycles. The van der Waals surface area contributed by atoms with E-state index in [1.54, 1.807) is 6.92 Å². The quantitative estimate of drug-likeness (QED) is 0.690. The summed E-state index contributed by atoms with van der Waals surface area (Å²) in [6.45, 7) is 5.53. The Morgan fingerprint density at radius 2 is 0.955 bits per heavy atom. The van der Waals surface area contributed by atoms with E-state index in [0.717, 1.165) is 50.4 Å². The zero-order valence-electron chi connectivity index (χ0n) is 14.6. The van der Waals surface area contributed by atoms with Crippen LogP contribution in [-0.2, 0) is 0 Å². The van der Waals surface area contributed by atoms with Crippen LogP contribution in [0.5, 0.6) is 0 Å². The van der Waals surface area contributed by atoms with Crippen LogP contribution in [0.15, 0.2) is 0 Å². The number of halogens is 1. The average Bonchev–Trinajstić information content (AvgIpc) is 3.28. The molecule has 0 aromatic rings. The third-order valence-electron chi connectivity index (χ3n) is 7.28. The van der Waals surface area contributed by atoms with Gasteiger partial charge in [-0.1, -0.05) is 0 Å². The van der Waals surface area contributed by atoms with Crippen molar-refractivity contribution >= 4 is 0 Å². The topological polar surface area (TPSA) is 40.5 Å². The first-order valence-corrected chi connectivity index (χ1v) is 9.13. The van der Waals surface area contributed by atoms with E-state index in [0.29, 0.717) is 0 Å². The summed E-state index contributed by atoms with van der Waals surface area (Å²) in [5, 5.41) is 19.3. The zero-order valence-corrected chi connectivity index (χ0v) is 14.6. The van der Waals surface area contributed by atoms with Gasteiger partial charge in [-0.25, -0.2) is 4.39 Å². The van der Waals surface area contributed by atoms with Crippen molar-refractivity contribution in [1.29, 1.82) is 0 Å². The molecule has 0 aromatic heterocycles. The molecule has 0 aromatic carbocycles. The largest absolute Gasteiger partial charge is 0.390 e. The van der Waals surface area contributed by atoms with Gasteiger partial charge in [0.2, 0.25) is 0 Å². The van der Waals surface area contributed by atoms with E-state index in [-0.39, 0.29) is 11.0 Å². The summed E-state index contributed by atoms with van der Waals surface area (Å²) in [6, 6.07) is 0. The lowest BCUT2D eigenvalue weighted by Gasteiger charge is -2.34. The van der Waals surface area contributed by atoms with Crippen LogP contribution in [0.1, 0.15) is 91.4 Å². The van der Waals surface area contributed by atoms with Crippen molar-refractivity contribution in [3.63, 3.8) is 0 Å². The Hall–Kier alpha value is -0.150.